The van der Waals surface area contributed by atoms with E-state index in [4.69, 9.17) is 0 Å². The second kappa shape index (κ2) is 6.37. The fourth-order valence-electron chi connectivity index (χ4n) is 1.57. The minimum Gasteiger partial charge on any atom is -0.319 e. The molecule has 90 valence electrons. The molecule has 0 aromatic carbocycles. The molecule has 1 atom stereocenters. The SMILES string of the molecule is CCCn1ncnc1CC(=O)C(C)CNC. The zero-order valence-electron chi connectivity index (χ0n) is 10.2. The van der Waals surface area contributed by atoms with Crippen molar-refractivity contribution in [3.05, 3.63) is 12.2 Å². The van der Waals surface area contributed by atoms with E-state index in [9.17, 15) is 4.79 Å². The zero-order chi connectivity index (χ0) is 12.0. The van der Waals surface area contributed by atoms with E-state index < -0.39 is 0 Å². The van der Waals surface area contributed by atoms with Crippen LogP contribution in [0.25, 0.3) is 0 Å². The standard InChI is InChI=1S/C11H20N4O/c1-4-5-15-11(13-8-14-15)6-10(16)9(2)7-12-3/h8-9,12H,4-7H2,1-3H3. The van der Waals surface area contributed by atoms with E-state index >= 15 is 0 Å². The van der Waals surface area contributed by atoms with Gasteiger partial charge in [0, 0.05) is 19.0 Å². The van der Waals surface area contributed by atoms with Gasteiger partial charge in [-0.25, -0.2) is 9.67 Å². The van der Waals surface area contributed by atoms with Crippen LogP contribution < -0.4 is 5.32 Å². The summed E-state index contributed by atoms with van der Waals surface area (Å²) < 4.78 is 1.81. The first-order valence-corrected chi connectivity index (χ1v) is 5.73. The summed E-state index contributed by atoms with van der Waals surface area (Å²) in [4.78, 5) is 16.0. The van der Waals surface area contributed by atoms with Crippen LogP contribution in [0.2, 0.25) is 0 Å². The minimum absolute atomic E-state index is 0.0248. The van der Waals surface area contributed by atoms with Gasteiger partial charge in [-0.1, -0.05) is 13.8 Å². The highest BCUT2D eigenvalue weighted by Crippen LogP contribution is 2.03. The molecule has 5 heteroatoms. The smallest absolute Gasteiger partial charge is 0.144 e. The summed E-state index contributed by atoms with van der Waals surface area (Å²) in [6, 6.07) is 0. The van der Waals surface area contributed by atoms with Crippen LogP contribution in [0, 0.1) is 5.92 Å². The first-order valence-electron chi connectivity index (χ1n) is 5.73. The summed E-state index contributed by atoms with van der Waals surface area (Å²) in [6.07, 6.45) is 2.89. The molecule has 1 rings (SSSR count). The van der Waals surface area contributed by atoms with Crippen LogP contribution in [0.4, 0.5) is 0 Å². The lowest BCUT2D eigenvalue weighted by atomic mass is 10.0. The molecule has 5 nitrogen and oxygen atoms in total. The first kappa shape index (κ1) is 12.8. The van der Waals surface area contributed by atoms with Gasteiger partial charge in [0.15, 0.2) is 0 Å². The van der Waals surface area contributed by atoms with Gasteiger partial charge < -0.3 is 5.32 Å². The van der Waals surface area contributed by atoms with Crippen molar-refractivity contribution < 1.29 is 4.79 Å². The third kappa shape index (κ3) is 3.41. The molecule has 1 aromatic heterocycles. The molecule has 0 bridgehead atoms. The Kier molecular flexibility index (Phi) is 5.11. The van der Waals surface area contributed by atoms with Gasteiger partial charge in [0.05, 0.1) is 6.42 Å². The van der Waals surface area contributed by atoms with Gasteiger partial charge in [-0.15, -0.1) is 0 Å². The van der Waals surface area contributed by atoms with Crippen molar-refractivity contribution >= 4 is 5.78 Å². The summed E-state index contributed by atoms with van der Waals surface area (Å²) in [5.41, 5.74) is 0. The van der Waals surface area contributed by atoms with Crippen molar-refractivity contribution in [3.63, 3.8) is 0 Å². The summed E-state index contributed by atoms with van der Waals surface area (Å²) in [6.45, 7) is 5.54. The Hall–Kier alpha value is -1.23. The summed E-state index contributed by atoms with van der Waals surface area (Å²) in [7, 11) is 1.85. The number of hydrogen-bond acceptors (Lipinski definition) is 4. The topological polar surface area (TPSA) is 59.8 Å². The van der Waals surface area contributed by atoms with Crippen molar-refractivity contribution in [2.75, 3.05) is 13.6 Å². The Balaban J connectivity index is 2.58. The third-order valence-corrected chi connectivity index (χ3v) is 2.52. The molecule has 0 radical (unpaired) electrons. The highest BCUT2D eigenvalue weighted by Gasteiger charge is 2.15. The maximum atomic E-state index is 11.8. The molecule has 16 heavy (non-hydrogen) atoms. The van der Waals surface area contributed by atoms with Gasteiger partial charge in [-0.05, 0) is 13.5 Å². The van der Waals surface area contributed by atoms with Gasteiger partial charge in [0.1, 0.15) is 17.9 Å². The lowest BCUT2D eigenvalue weighted by molar-refractivity contribution is -0.121. The predicted molar refractivity (Wildman–Crippen MR) is 62.1 cm³/mol. The lowest BCUT2D eigenvalue weighted by Gasteiger charge is -2.09. The van der Waals surface area contributed by atoms with Crippen LogP contribution in [-0.2, 0) is 17.8 Å². The number of aromatic nitrogens is 3. The number of ketones is 1. The lowest BCUT2D eigenvalue weighted by Crippen LogP contribution is -2.26. The van der Waals surface area contributed by atoms with Crippen LogP contribution in [0.15, 0.2) is 6.33 Å². The quantitative estimate of drug-likeness (QED) is 0.739. The number of Topliss-reactive ketones (excluding diaryl/α,β-unsaturated/α-hetero) is 1. The normalized spacial score (nSPS) is 12.7. The van der Waals surface area contributed by atoms with E-state index in [1.807, 2.05) is 18.7 Å². The zero-order valence-corrected chi connectivity index (χ0v) is 10.2. The molecule has 0 fully saturated rings. The summed E-state index contributed by atoms with van der Waals surface area (Å²) >= 11 is 0. The number of carbonyl (C=O) groups is 1. The largest absolute Gasteiger partial charge is 0.319 e. The molecular weight excluding hydrogens is 204 g/mol. The monoisotopic (exact) mass is 224 g/mol. The second-order valence-electron chi connectivity index (χ2n) is 4.00. The summed E-state index contributed by atoms with van der Waals surface area (Å²) in [5, 5.41) is 7.11. The predicted octanol–water partition coefficient (Wildman–Crippen LogP) is 0.655. The van der Waals surface area contributed by atoms with Crippen molar-refractivity contribution in [2.24, 2.45) is 5.92 Å². The van der Waals surface area contributed by atoms with Gasteiger partial charge in [-0.3, -0.25) is 4.79 Å². The number of aryl methyl sites for hydroxylation is 1. The first-order chi connectivity index (χ1) is 7.69. The Morgan fingerprint density at radius 3 is 3.00 bits per heavy atom. The Bertz CT molecular complexity index is 334. The number of hydrogen-bond donors (Lipinski definition) is 1. The van der Waals surface area contributed by atoms with Crippen molar-refractivity contribution in [3.8, 4) is 0 Å². The van der Waals surface area contributed by atoms with Gasteiger partial charge in [-0.2, -0.15) is 5.10 Å². The van der Waals surface area contributed by atoms with Crippen LogP contribution in [0.3, 0.4) is 0 Å². The molecule has 0 spiro atoms. The van der Waals surface area contributed by atoms with E-state index in [-0.39, 0.29) is 11.7 Å². The number of nitrogens with one attached hydrogen (secondary N) is 1. The summed E-state index contributed by atoms with van der Waals surface area (Å²) in [5.74, 6) is 1.01. The molecule has 1 aromatic rings. The molecule has 1 heterocycles. The minimum atomic E-state index is 0.0248. The van der Waals surface area contributed by atoms with Crippen molar-refractivity contribution in [1.82, 2.24) is 20.1 Å². The van der Waals surface area contributed by atoms with E-state index in [2.05, 4.69) is 22.3 Å². The number of rotatable bonds is 7. The molecule has 0 aliphatic rings. The average molecular weight is 224 g/mol. The van der Waals surface area contributed by atoms with Gasteiger partial charge in [0.25, 0.3) is 0 Å². The highest BCUT2D eigenvalue weighted by molar-refractivity contribution is 5.82. The van der Waals surface area contributed by atoms with Crippen molar-refractivity contribution in [2.45, 2.75) is 33.2 Å². The highest BCUT2D eigenvalue weighted by atomic mass is 16.1. The van der Waals surface area contributed by atoms with E-state index in [1.165, 1.54) is 6.33 Å². The third-order valence-electron chi connectivity index (χ3n) is 2.52. The molecule has 0 saturated heterocycles. The van der Waals surface area contributed by atoms with Gasteiger partial charge >= 0.3 is 0 Å². The molecule has 1 unspecified atom stereocenters. The molecule has 0 aliphatic carbocycles. The van der Waals surface area contributed by atoms with Crippen LogP contribution >= 0.6 is 0 Å². The molecule has 1 N–H and O–H groups in total. The fourth-order valence-corrected chi connectivity index (χ4v) is 1.57. The van der Waals surface area contributed by atoms with E-state index in [0.29, 0.717) is 13.0 Å². The molecule has 0 amide bonds. The number of carbonyl (C=O) groups excluding carboxylic acids is 1. The Labute approximate surface area is 96.3 Å². The van der Waals surface area contributed by atoms with E-state index in [0.717, 1.165) is 18.8 Å². The fraction of sp³-hybridized carbons (Fsp3) is 0.727. The molecule has 0 saturated carbocycles. The van der Waals surface area contributed by atoms with Crippen molar-refractivity contribution in [1.29, 1.82) is 0 Å². The molecular formula is C11H20N4O. The van der Waals surface area contributed by atoms with Crippen LogP contribution in [0.5, 0.6) is 0 Å². The van der Waals surface area contributed by atoms with E-state index in [1.54, 1.807) is 0 Å². The number of nitrogens with zero attached hydrogens (tertiary/aromatic N) is 3. The average Bonchev–Trinajstić information content (AvgIpc) is 2.67. The maximum Gasteiger partial charge on any atom is 0.144 e. The maximum absolute atomic E-state index is 11.8. The molecule has 0 aliphatic heterocycles. The van der Waals surface area contributed by atoms with Gasteiger partial charge in [0.2, 0.25) is 0 Å². The van der Waals surface area contributed by atoms with Crippen LogP contribution in [-0.4, -0.2) is 34.1 Å². The Morgan fingerprint density at radius 2 is 2.38 bits per heavy atom. The second-order valence-corrected chi connectivity index (χ2v) is 4.00. The Morgan fingerprint density at radius 1 is 1.62 bits per heavy atom. The van der Waals surface area contributed by atoms with Crippen LogP contribution in [0.1, 0.15) is 26.1 Å².